The molecule has 0 aliphatic heterocycles. The maximum Gasteiger partial charge on any atom is 0.331 e. The molecule has 0 fully saturated rings. The standard InChI is InChI=1S/C20H21N3O3S/c1-12-8-9-15-16(10-12)27-18-17(15)19(24)23(22-21-18)13(2)20(25)26-11-14-6-4-3-5-7-14/h3-7,12-13H,8-11H2,1-2H3/t12-,13-/m0/s1. The molecule has 0 N–H and O–H groups in total. The van der Waals surface area contributed by atoms with Gasteiger partial charge in [0.2, 0.25) is 0 Å². The largest absolute Gasteiger partial charge is 0.459 e. The minimum Gasteiger partial charge on any atom is -0.459 e. The number of esters is 1. The second-order valence-electron chi connectivity index (χ2n) is 7.14. The molecule has 0 bridgehead atoms. The molecule has 2 heterocycles. The number of thiophene rings is 1. The number of aromatic nitrogens is 3. The molecule has 0 unspecified atom stereocenters. The Morgan fingerprint density at radius 2 is 2.15 bits per heavy atom. The van der Waals surface area contributed by atoms with Crippen LogP contribution in [0.4, 0.5) is 0 Å². The normalized spacial score (nSPS) is 17.5. The summed E-state index contributed by atoms with van der Waals surface area (Å²) in [6, 6.07) is 8.62. The van der Waals surface area contributed by atoms with E-state index in [4.69, 9.17) is 4.74 Å². The van der Waals surface area contributed by atoms with Crippen molar-refractivity contribution < 1.29 is 9.53 Å². The van der Waals surface area contributed by atoms with Crippen LogP contribution in [0.3, 0.4) is 0 Å². The molecule has 0 amide bonds. The van der Waals surface area contributed by atoms with E-state index in [1.54, 1.807) is 18.3 Å². The van der Waals surface area contributed by atoms with Crippen molar-refractivity contribution in [3.8, 4) is 0 Å². The zero-order chi connectivity index (χ0) is 19.0. The van der Waals surface area contributed by atoms with E-state index in [1.165, 1.54) is 4.88 Å². The molecule has 3 aromatic rings. The van der Waals surface area contributed by atoms with Crippen LogP contribution in [0.2, 0.25) is 0 Å². The zero-order valence-electron chi connectivity index (χ0n) is 15.3. The topological polar surface area (TPSA) is 74.1 Å². The summed E-state index contributed by atoms with van der Waals surface area (Å²) in [5, 5.41) is 8.85. The molecular formula is C20H21N3O3S. The van der Waals surface area contributed by atoms with Crippen molar-refractivity contribution in [3.05, 3.63) is 56.7 Å². The van der Waals surface area contributed by atoms with Gasteiger partial charge in [-0.05, 0) is 43.2 Å². The van der Waals surface area contributed by atoms with Crippen molar-refractivity contribution in [2.24, 2.45) is 5.92 Å². The van der Waals surface area contributed by atoms with Gasteiger partial charge in [-0.3, -0.25) is 4.79 Å². The van der Waals surface area contributed by atoms with Crippen molar-refractivity contribution in [1.29, 1.82) is 0 Å². The average Bonchev–Trinajstić information content (AvgIpc) is 3.05. The minimum atomic E-state index is -0.823. The molecule has 1 aliphatic carbocycles. The van der Waals surface area contributed by atoms with E-state index in [-0.39, 0.29) is 12.2 Å². The lowest BCUT2D eigenvalue weighted by atomic mass is 9.89. The highest BCUT2D eigenvalue weighted by molar-refractivity contribution is 7.18. The van der Waals surface area contributed by atoms with Gasteiger partial charge in [0.05, 0.1) is 5.39 Å². The van der Waals surface area contributed by atoms with E-state index in [1.807, 2.05) is 30.3 Å². The van der Waals surface area contributed by atoms with E-state index in [9.17, 15) is 9.59 Å². The molecular weight excluding hydrogens is 362 g/mol. The van der Waals surface area contributed by atoms with Gasteiger partial charge in [-0.2, -0.15) is 4.68 Å². The predicted octanol–water partition coefficient (Wildman–Crippen LogP) is 3.28. The Morgan fingerprint density at radius 3 is 2.93 bits per heavy atom. The van der Waals surface area contributed by atoms with Crippen LogP contribution in [-0.2, 0) is 29.0 Å². The third-order valence-corrected chi connectivity index (χ3v) is 6.22. The molecule has 2 aromatic heterocycles. The lowest BCUT2D eigenvalue weighted by Crippen LogP contribution is -2.32. The third-order valence-electron chi connectivity index (χ3n) is 5.08. The molecule has 1 aliphatic rings. The van der Waals surface area contributed by atoms with Gasteiger partial charge in [0, 0.05) is 4.88 Å². The third kappa shape index (κ3) is 3.39. The highest BCUT2D eigenvalue weighted by Gasteiger charge is 2.26. The number of benzene rings is 1. The van der Waals surface area contributed by atoms with Crippen molar-refractivity contribution in [3.63, 3.8) is 0 Å². The highest BCUT2D eigenvalue weighted by atomic mass is 32.1. The van der Waals surface area contributed by atoms with Gasteiger partial charge >= 0.3 is 5.97 Å². The lowest BCUT2D eigenvalue weighted by molar-refractivity contribution is -0.148. The number of ether oxygens (including phenoxy) is 1. The van der Waals surface area contributed by atoms with Gasteiger partial charge in [0.25, 0.3) is 5.56 Å². The van der Waals surface area contributed by atoms with E-state index >= 15 is 0 Å². The quantitative estimate of drug-likeness (QED) is 0.647. The zero-order valence-corrected chi connectivity index (χ0v) is 16.2. The van der Waals surface area contributed by atoms with Crippen LogP contribution < -0.4 is 5.56 Å². The maximum atomic E-state index is 13.0. The molecule has 6 nitrogen and oxygen atoms in total. The monoisotopic (exact) mass is 383 g/mol. The van der Waals surface area contributed by atoms with Crippen LogP contribution in [0.5, 0.6) is 0 Å². The molecule has 0 radical (unpaired) electrons. The average molecular weight is 383 g/mol. The molecule has 7 heteroatoms. The molecule has 2 atom stereocenters. The van der Waals surface area contributed by atoms with Crippen molar-refractivity contribution in [2.75, 3.05) is 0 Å². The molecule has 0 spiro atoms. The van der Waals surface area contributed by atoms with Crippen molar-refractivity contribution in [1.82, 2.24) is 15.0 Å². The van der Waals surface area contributed by atoms with E-state index in [0.717, 1.165) is 35.1 Å². The second-order valence-corrected chi connectivity index (χ2v) is 8.22. The summed E-state index contributed by atoms with van der Waals surface area (Å²) in [5.74, 6) is 0.125. The summed E-state index contributed by atoms with van der Waals surface area (Å²) in [7, 11) is 0. The number of nitrogens with zero attached hydrogens (tertiary/aromatic N) is 3. The van der Waals surface area contributed by atoms with Crippen molar-refractivity contribution >= 4 is 27.5 Å². The number of rotatable bonds is 4. The van der Waals surface area contributed by atoms with Gasteiger partial charge in [0.1, 0.15) is 6.61 Å². The van der Waals surface area contributed by atoms with Crippen LogP contribution in [0.25, 0.3) is 10.2 Å². The Hall–Kier alpha value is -2.54. The van der Waals surface area contributed by atoms with E-state index in [0.29, 0.717) is 16.1 Å². The number of carbonyl (C=O) groups excluding carboxylic acids is 1. The maximum absolute atomic E-state index is 13.0. The number of fused-ring (bicyclic) bond motifs is 3. The summed E-state index contributed by atoms with van der Waals surface area (Å²) in [4.78, 5) is 27.3. The summed E-state index contributed by atoms with van der Waals surface area (Å²) >= 11 is 1.55. The first-order valence-corrected chi connectivity index (χ1v) is 9.96. The first-order chi connectivity index (χ1) is 13.0. The van der Waals surface area contributed by atoms with Crippen molar-refractivity contribution in [2.45, 2.75) is 45.8 Å². The van der Waals surface area contributed by atoms with Gasteiger partial charge in [-0.1, -0.05) is 42.5 Å². The van der Waals surface area contributed by atoms with Crippen LogP contribution in [0.15, 0.2) is 35.1 Å². The number of aryl methyl sites for hydroxylation is 1. The van der Waals surface area contributed by atoms with E-state index in [2.05, 4.69) is 17.2 Å². The van der Waals surface area contributed by atoms with Crippen LogP contribution in [0.1, 0.15) is 42.3 Å². The molecule has 0 saturated heterocycles. The lowest BCUT2D eigenvalue weighted by Gasteiger charge is -2.17. The summed E-state index contributed by atoms with van der Waals surface area (Å²) < 4.78 is 6.51. The molecule has 1 aromatic carbocycles. The molecule has 140 valence electrons. The number of hydrogen-bond donors (Lipinski definition) is 0. The Morgan fingerprint density at radius 1 is 1.37 bits per heavy atom. The molecule has 4 rings (SSSR count). The highest BCUT2D eigenvalue weighted by Crippen LogP contribution is 2.35. The van der Waals surface area contributed by atoms with Gasteiger partial charge in [0.15, 0.2) is 10.9 Å². The van der Waals surface area contributed by atoms with Gasteiger partial charge in [-0.15, -0.1) is 16.4 Å². The summed E-state index contributed by atoms with van der Waals surface area (Å²) in [5.41, 5.74) is 1.73. The van der Waals surface area contributed by atoms with Gasteiger partial charge in [-0.25, -0.2) is 4.79 Å². The fourth-order valence-electron chi connectivity index (χ4n) is 3.47. The van der Waals surface area contributed by atoms with Crippen LogP contribution in [-0.4, -0.2) is 21.0 Å². The Balaban J connectivity index is 1.60. The fourth-order valence-corrected chi connectivity index (χ4v) is 4.79. The van der Waals surface area contributed by atoms with Crippen LogP contribution in [0, 0.1) is 5.92 Å². The molecule has 0 saturated carbocycles. The first kappa shape index (κ1) is 17.9. The smallest absolute Gasteiger partial charge is 0.331 e. The summed E-state index contributed by atoms with van der Waals surface area (Å²) in [6.45, 7) is 4.01. The van der Waals surface area contributed by atoms with E-state index < -0.39 is 12.0 Å². The Kier molecular flexibility index (Phi) is 4.78. The van der Waals surface area contributed by atoms with Crippen LogP contribution >= 0.6 is 11.3 Å². The number of carbonyl (C=O) groups is 1. The molecule has 27 heavy (non-hydrogen) atoms. The SMILES string of the molecule is C[C@H]1CCc2c(sc3nnn([C@@H](C)C(=O)OCc4ccccc4)c(=O)c23)C1. The predicted molar refractivity (Wildman–Crippen MR) is 104 cm³/mol. The van der Waals surface area contributed by atoms with Gasteiger partial charge < -0.3 is 4.74 Å². The fraction of sp³-hybridized carbons (Fsp3) is 0.400. The minimum absolute atomic E-state index is 0.167. The summed E-state index contributed by atoms with van der Waals surface area (Å²) in [6.07, 6.45) is 2.92. The Labute approximate surface area is 160 Å². The second kappa shape index (κ2) is 7.23. The number of hydrogen-bond acceptors (Lipinski definition) is 6. The first-order valence-electron chi connectivity index (χ1n) is 9.15. The Bertz CT molecular complexity index is 1040.